The minimum atomic E-state index is -4.78. The van der Waals surface area contributed by atoms with Crippen LogP contribution in [0.25, 0.3) is 0 Å². The van der Waals surface area contributed by atoms with Crippen molar-refractivity contribution in [2.75, 3.05) is 13.1 Å². The number of alkyl halides is 3. The van der Waals surface area contributed by atoms with E-state index in [9.17, 15) is 27.5 Å². The molecule has 0 aromatic heterocycles. The number of rotatable bonds is 8. The summed E-state index contributed by atoms with van der Waals surface area (Å²) in [5, 5.41) is 9.65. The maximum Gasteiger partial charge on any atom is 0.419 e. The maximum atomic E-state index is 14.2. The average molecular weight is 512 g/mol. The molecule has 3 aliphatic rings. The van der Waals surface area contributed by atoms with E-state index < -0.39 is 23.5 Å². The summed E-state index contributed by atoms with van der Waals surface area (Å²) in [6.07, 6.45) is 9.73. The Morgan fingerprint density at radius 3 is 1.97 bits per heavy atom. The Balaban J connectivity index is 1.69. The fourth-order valence-electron chi connectivity index (χ4n) is 7.34. The molecule has 1 aromatic rings. The molecule has 1 aromatic carbocycles. The highest BCUT2D eigenvalue weighted by molar-refractivity contribution is 5.67. The van der Waals surface area contributed by atoms with Gasteiger partial charge in [0.2, 0.25) is 0 Å². The fraction of sp³-hybridized carbons (Fsp3) is 0.759. The highest BCUT2D eigenvalue weighted by atomic mass is 19.4. The van der Waals surface area contributed by atoms with Gasteiger partial charge in [-0.25, -0.2) is 4.39 Å². The van der Waals surface area contributed by atoms with E-state index in [2.05, 4.69) is 4.90 Å². The van der Waals surface area contributed by atoms with Crippen molar-refractivity contribution in [3.05, 3.63) is 35.1 Å². The van der Waals surface area contributed by atoms with Gasteiger partial charge in [0.25, 0.3) is 0 Å². The third kappa shape index (κ3) is 7.02. The van der Waals surface area contributed by atoms with Gasteiger partial charge in [0.15, 0.2) is 0 Å². The van der Waals surface area contributed by atoms with Crippen LogP contribution in [0.15, 0.2) is 18.2 Å². The number of hydrogen-bond donors (Lipinski definition) is 1. The maximum absolute atomic E-state index is 14.2. The van der Waals surface area contributed by atoms with Gasteiger partial charge in [-0.3, -0.25) is 9.69 Å². The van der Waals surface area contributed by atoms with E-state index in [4.69, 9.17) is 0 Å². The van der Waals surface area contributed by atoms with E-state index >= 15 is 0 Å². The van der Waals surface area contributed by atoms with E-state index in [0.29, 0.717) is 23.8 Å². The second-order valence-electron chi connectivity index (χ2n) is 11.6. The molecule has 0 aliphatic heterocycles. The minimum Gasteiger partial charge on any atom is -0.481 e. The Bertz CT molecular complexity index is 841. The van der Waals surface area contributed by atoms with Crippen LogP contribution < -0.4 is 0 Å². The summed E-state index contributed by atoms with van der Waals surface area (Å²) in [6, 6.07) is 3.35. The Hall–Kier alpha value is -1.63. The van der Waals surface area contributed by atoms with Crippen molar-refractivity contribution in [1.82, 2.24) is 4.90 Å². The summed E-state index contributed by atoms with van der Waals surface area (Å²) in [5.41, 5.74) is -0.804. The van der Waals surface area contributed by atoms with Crippen LogP contribution in [0.3, 0.4) is 0 Å². The van der Waals surface area contributed by atoms with Crippen molar-refractivity contribution < 1.29 is 27.5 Å². The number of hydrogen-bond acceptors (Lipinski definition) is 2. The predicted molar refractivity (Wildman–Crippen MR) is 132 cm³/mol. The third-order valence-electron chi connectivity index (χ3n) is 9.02. The van der Waals surface area contributed by atoms with Crippen molar-refractivity contribution in [3.63, 3.8) is 0 Å². The van der Waals surface area contributed by atoms with Gasteiger partial charge in [-0.1, -0.05) is 51.0 Å². The van der Waals surface area contributed by atoms with E-state index in [0.717, 1.165) is 38.1 Å². The molecule has 0 spiro atoms. The first kappa shape index (κ1) is 27.4. The Labute approximate surface area is 212 Å². The zero-order valence-electron chi connectivity index (χ0n) is 21.2. The first-order chi connectivity index (χ1) is 17.2. The van der Waals surface area contributed by atoms with E-state index in [-0.39, 0.29) is 24.3 Å². The molecule has 0 bridgehead atoms. The van der Waals surface area contributed by atoms with Crippen LogP contribution in [0, 0.1) is 23.6 Å². The molecule has 0 radical (unpaired) electrons. The molecule has 3 aliphatic carbocycles. The number of benzene rings is 1. The van der Waals surface area contributed by atoms with Crippen LogP contribution in [-0.4, -0.2) is 35.1 Å². The van der Waals surface area contributed by atoms with Crippen molar-refractivity contribution in [2.24, 2.45) is 17.8 Å². The van der Waals surface area contributed by atoms with Crippen LogP contribution in [0.1, 0.15) is 107 Å². The molecular formula is C29H41F4NO2. The van der Waals surface area contributed by atoms with Crippen LogP contribution in [-0.2, 0) is 11.0 Å². The first-order valence-electron chi connectivity index (χ1n) is 14.0. The molecule has 3 unspecified atom stereocenters. The lowest BCUT2D eigenvalue weighted by Crippen LogP contribution is -2.49. The van der Waals surface area contributed by atoms with Gasteiger partial charge in [-0.05, 0) is 74.0 Å². The van der Waals surface area contributed by atoms with E-state index in [1.807, 2.05) is 0 Å². The zero-order valence-corrected chi connectivity index (χ0v) is 21.2. The van der Waals surface area contributed by atoms with Crippen molar-refractivity contribution in [3.8, 4) is 0 Å². The Morgan fingerprint density at radius 2 is 1.44 bits per heavy atom. The second-order valence-corrected chi connectivity index (χ2v) is 11.6. The molecule has 0 amide bonds. The summed E-state index contributed by atoms with van der Waals surface area (Å²) < 4.78 is 55.1. The largest absolute Gasteiger partial charge is 0.481 e. The van der Waals surface area contributed by atoms with E-state index in [1.54, 1.807) is 0 Å². The molecule has 3 atom stereocenters. The molecule has 0 heterocycles. The normalized spacial score (nSPS) is 26.9. The number of carboxylic acids is 1. The van der Waals surface area contributed by atoms with Crippen LogP contribution in [0.4, 0.5) is 17.6 Å². The van der Waals surface area contributed by atoms with Crippen molar-refractivity contribution in [1.29, 1.82) is 0 Å². The fourth-order valence-corrected chi connectivity index (χ4v) is 7.34. The summed E-state index contributed by atoms with van der Waals surface area (Å²) in [5.74, 6) is -1.62. The third-order valence-corrected chi connectivity index (χ3v) is 9.02. The molecule has 202 valence electrons. The number of aliphatic carboxylic acids is 1. The van der Waals surface area contributed by atoms with Crippen LogP contribution in [0.5, 0.6) is 0 Å². The molecule has 7 heteroatoms. The monoisotopic (exact) mass is 511 g/mol. The summed E-state index contributed by atoms with van der Waals surface area (Å²) in [6.45, 7) is 1.87. The van der Waals surface area contributed by atoms with Gasteiger partial charge in [-0.15, -0.1) is 0 Å². The molecule has 36 heavy (non-hydrogen) atoms. The van der Waals surface area contributed by atoms with Gasteiger partial charge < -0.3 is 5.11 Å². The minimum absolute atomic E-state index is 0.0153. The molecule has 1 N–H and O–H groups in total. The second kappa shape index (κ2) is 12.3. The van der Waals surface area contributed by atoms with Crippen molar-refractivity contribution in [2.45, 2.75) is 108 Å². The molecule has 3 nitrogen and oxygen atoms in total. The summed E-state index contributed by atoms with van der Waals surface area (Å²) in [4.78, 5) is 14.3. The first-order valence-corrected chi connectivity index (χ1v) is 14.0. The SMILES string of the molecule is O=C(O)CC1CCCC(N(CC2CCCCC2)CC2CCCCC2)C1c1ccc(F)c(C(F)(F)F)c1. The number of carboxylic acid groups (broad SMARTS) is 1. The number of nitrogens with zero attached hydrogens (tertiary/aromatic N) is 1. The van der Waals surface area contributed by atoms with Gasteiger partial charge in [-0.2, -0.15) is 13.2 Å². The smallest absolute Gasteiger partial charge is 0.419 e. The highest BCUT2D eigenvalue weighted by Crippen LogP contribution is 2.45. The molecule has 4 rings (SSSR count). The molecule has 3 saturated carbocycles. The topological polar surface area (TPSA) is 40.5 Å². The van der Waals surface area contributed by atoms with E-state index in [1.165, 1.54) is 70.3 Å². The predicted octanol–water partition coefficient (Wildman–Crippen LogP) is 8.03. The summed E-state index contributed by atoms with van der Waals surface area (Å²) in [7, 11) is 0. The Morgan fingerprint density at radius 1 is 0.861 bits per heavy atom. The van der Waals surface area contributed by atoms with Gasteiger partial charge >= 0.3 is 12.1 Å². The lowest BCUT2D eigenvalue weighted by molar-refractivity contribution is -0.141. The molecule has 0 saturated heterocycles. The van der Waals surface area contributed by atoms with Gasteiger partial charge in [0.05, 0.1) is 5.56 Å². The van der Waals surface area contributed by atoms with Gasteiger partial charge in [0, 0.05) is 31.5 Å². The quantitative estimate of drug-likeness (QED) is 0.359. The number of halogens is 4. The standard InChI is InChI=1S/C29H41F4NO2/c30-25-15-14-23(16-24(25)29(31,32)33)28-22(17-27(35)36)12-7-13-26(28)34(18-20-8-3-1-4-9-20)19-21-10-5-2-6-11-21/h14-16,20-22,26,28H,1-13,17-19H2,(H,35,36). The van der Waals surface area contributed by atoms with Gasteiger partial charge in [0.1, 0.15) is 5.82 Å². The lowest BCUT2D eigenvalue weighted by Gasteiger charge is -2.47. The van der Waals surface area contributed by atoms with Crippen LogP contribution >= 0.6 is 0 Å². The summed E-state index contributed by atoms with van der Waals surface area (Å²) >= 11 is 0. The van der Waals surface area contributed by atoms with Crippen molar-refractivity contribution >= 4 is 5.97 Å². The lowest BCUT2D eigenvalue weighted by atomic mass is 9.69. The molecular weight excluding hydrogens is 470 g/mol. The Kier molecular flexibility index (Phi) is 9.35. The van der Waals surface area contributed by atoms with Crippen LogP contribution in [0.2, 0.25) is 0 Å². The molecule has 3 fully saturated rings. The zero-order chi connectivity index (χ0) is 25.7. The average Bonchev–Trinajstić information content (AvgIpc) is 2.84. The number of carbonyl (C=O) groups is 1. The highest BCUT2D eigenvalue weighted by Gasteiger charge is 2.42.